The topological polar surface area (TPSA) is 29.5 Å². The Morgan fingerprint density at radius 3 is 1.83 bits per heavy atom. The average molecular weight is 684 g/mol. The minimum Gasteiger partial charge on any atom is -0.455 e. The summed E-state index contributed by atoms with van der Waals surface area (Å²) in [6, 6.07) is 62.3. The van der Waals surface area contributed by atoms with E-state index in [9.17, 15) is 0 Å². The predicted molar refractivity (Wildman–Crippen MR) is 219 cm³/mol. The number of para-hydroxylation sites is 2. The smallest absolute Gasteiger partial charge is 0.145 e. The maximum Gasteiger partial charge on any atom is 0.145 e. The van der Waals surface area contributed by atoms with Crippen molar-refractivity contribution in [1.82, 2.24) is 0 Å². The first kappa shape index (κ1) is 29.1. The number of fused-ring (bicyclic) bond motifs is 9. The zero-order chi connectivity index (χ0) is 34.2. The summed E-state index contributed by atoms with van der Waals surface area (Å²) < 4.78 is 15.9. The molecule has 52 heavy (non-hydrogen) atoms. The van der Waals surface area contributed by atoms with Gasteiger partial charge in [-0.05, 0) is 65.7 Å². The molecule has 0 saturated heterocycles. The SMILES string of the molecule is c1ccc(-c2cccc3c2oc2ccc(N(c4cccc5sc6ccccc6c45)c4ccc(-c5ccccc5)c5oc6ccccc6c45)cc23)cc1. The Morgan fingerprint density at radius 1 is 0.385 bits per heavy atom. The van der Waals surface area contributed by atoms with Crippen molar-refractivity contribution >= 4 is 92.4 Å². The molecule has 3 nitrogen and oxygen atoms in total. The highest BCUT2D eigenvalue weighted by atomic mass is 32.1. The van der Waals surface area contributed by atoms with E-state index >= 15 is 0 Å². The molecule has 0 amide bonds. The molecule has 0 saturated carbocycles. The largest absolute Gasteiger partial charge is 0.455 e. The van der Waals surface area contributed by atoms with Crippen molar-refractivity contribution in [3.8, 4) is 22.3 Å². The summed E-state index contributed by atoms with van der Waals surface area (Å²) in [6.07, 6.45) is 0. The van der Waals surface area contributed by atoms with Crippen LogP contribution >= 0.6 is 11.3 Å². The molecule has 3 heterocycles. The molecule has 0 unspecified atom stereocenters. The lowest BCUT2D eigenvalue weighted by Gasteiger charge is -2.27. The van der Waals surface area contributed by atoms with Gasteiger partial charge in [-0.25, -0.2) is 0 Å². The third-order valence-electron chi connectivity index (χ3n) is 10.3. The van der Waals surface area contributed by atoms with Crippen molar-refractivity contribution in [3.63, 3.8) is 0 Å². The molecular formula is C48H29NO2S. The van der Waals surface area contributed by atoms with E-state index in [0.717, 1.165) is 83.2 Å². The van der Waals surface area contributed by atoms with Crippen LogP contribution in [0, 0.1) is 0 Å². The Kier molecular flexibility index (Phi) is 6.42. The van der Waals surface area contributed by atoms with Crippen LogP contribution in [-0.2, 0) is 0 Å². The number of hydrogen-bond donors (Lipinski definition) is 0. The van der Waals surface area contributed by atoms with Gasteiger partial charge < -0.3 is 13.7 Å². The standard InChI is InChI=1S/C48H29NO2S/c1-3-13-30(14-4-1)33-19-11-20-35-38-29-32(25-28-42(38)50-47(33)35)49(39-21-12-24-44-45(39)37-18-8-10-23-43(37)52-44)40-27-26-34(31-15-5-2-6-16-31)48-46(40)36-17-7-9-22-41(36)51-48/h1-29H. The first-order chi connectivity index (χ1) is 25.8. The zero-order valence-corrected chi connectivity index (χ0v) is 28.7. The Labute approximate surface area is 303 Å². The second kappa shape index (κ2) is 11.5. The van der Waals surface area contributed by atoms with Crippen molar-refractivity contribution in [2.24, 2.45) is 0 Å². The molecule has 0 aliphatic carbocycles. The summed E-state index contributed by atoms with van der Waals surface area (Å²) >= 11 is 1.84. The van der Waals surface area contributed by atoms with E-state index in [1.807, 2.05) is 23.5 Å². The van der Waals surface area contributed by atoms with Crippen molar-refractivity contribution in [3.05, 3.63) is 176 Å². The van der Waals surface area contributed by atoms with Crippen LogP contribution in [-0.4, -0.2) is 0 Å². The quantitative estimate of drug-likeness (QED) is 0.181. The highest BCUT2D eigenvalue weighted by Crippen LogP contribution is 2.50. The van der Waals surface area contributed by atoms with Crippen molar-refractivity contribution in [2.45, 2.75) is 0 Å². The highest BCUT2D eigenvalue weighted by molar-refractivity contribution is 7.26. The van der Waals surface area contributed by atoms with Crippen molar-refractivity contribution in [2.75, 3.05) is 4.90 Å². The number of benzene rings is 8. The molecule has 4 heteroatoms. The Balaban J connectivity index is 1.24. The second-order valence-corrected chi connectivity index (χ2v) is 14.3. The molecule has 3 aromatic heterocycles. The van der Waals surface area contributed by atoms with Crippen LogP contribution in [0.4, 0.5) is 17.1 Å². The van der Waals surface area contributed by atoms with Gasteiger partial charge in [0.05, 0.1) is 16.8 Å². The lowest BCUT2D eigenvalue weighted by Crippen LogP contribution is -2.11. The van der Waals surface area contributed by atoms with Gasteiger partial charge in [-0.3, -0.25) is 0 Å². The monoisotopic (exact) mass is 683 g/mol. The molecule has 244 valence electrons. The number of anilines is 3. The first-order valence-corrected chi connectivity index (χ1v) is 18.3. The summed E-state index contributed by atoms with van der Waals surface area (Å²) in [4.78, 5) is 2.43. The van der Waals surface area contributed by atoms with E-state index in [1.165, 1.54) is 20.2 Å². The molecule has 0 bridgehead atoms. The molecule has 11 rings (SSSR count). The third kappa shape index (κ3) is 4.38. The molecule has 0 N–H and O–H groups in total. The average Bonchev–Trinajstić information content (AvgIpc) is 3.90. The van der Waals surface area contributed by atoms with Gasteiger partial charge in [0.2, 0.25) is 0 Å². The number of furan rings is 2. The maximum atomic E-state index is 6.77. The van der Waals surface area contributed by atoms with Gasteiger partial charge in [0, 0.05) is 53.1 Å². The lowest BCUT2D eigenvalue weighted by atomic mass is 9.99. The summed E-state index contributed by atoms with van der Waals surface area (Å²) in [5, 5.41) is 6.82. The second-order valence-electron chi connectivity index (χ2n) is 13.2. The molecule has 0 aliphatic rings. The molecule has 0 aliphatic heterocycles. The van der Waals surface area contributed by atoms with Crippen LogP contribution in [0.1, 0.15) is 0 Å². The summed E-state index contributed by atoms with van der Waals surface area (Å²) in [5.74, 6) is 0. The van der Waals surface area contributed by atoms with Gasteiger partial charge in [0.1, 0.15) is 22.3 Å². The van der Waals surface area contributed by atoms with E-state index in [1.54, 1.807) is 0 Å². The number of thiophene rings is 1. The van der Waals surface area contributed by atoms with Crippen LogP contribution in [0.15, 0.2) is 185 Å². The molecule has 8 aromatic carbocycles. The summed E-state index contributed by atoms with van der Waals surface area (Å²) in [6.45, 7) is 0. The van der Waals surface area contributed by atoms with E-state index in [0.29, 0.717) is 0 Å². The lowest BCUT2D eigenvalue weighted by molar-refractivity contribution is 0.669. The predicted octanol–water partition coefficient (Wildman–Crippen LogP) is 14.7. The summed E-state index contributed by atoms with van der Waals surface area (Å²) in [5.41, 5.74) is 11.1. The molecule has 11 aromatic rings. The Bertz CT molecular complexity index is 3130. The van der Waals surface area contributed by atoms with Crippen molar-refractivity contribution < 1.29 is 8.83 Å². The molecule has 0 atom stereocenters. The number of rotatable bonds is 5. The first-order valence-electron chi connectivity index (χ1n) is 17.5. The third-order valence-corrected chi connectivity index (χ3v) is 11.4. The number of nitrogens with zero attached hydrogens (tertiary/aromatic N) is 1. The van der Waals surface area contributed by atoms with Crippen LogP contribution < -0.4 is 4.90 Å². The molecule has 0 fully saturated rings. The van der Waals surface area contributed by atoms with Crippen LogP contribution in [0.5, 0.6) is 0 Å². The van der Waals surface area contributed by atoms with Gasteiger partial charge >= 0.3 is 0 Å². The van der Waals surface area contributed by atoms with E-state index in [4.69, 9.17) is 8.83 Å². The highest BCUT2D eigenvalue weighted by Gasteiger charge is 2.25. The van der Waals surface area contributed by atoms with Crippen LogP contribution in [0.2, 0.25) is 0 Å². The number of hydrogen-bond acceptors (Lipinski definition) is 4. The normalized spacial score (nSPS) is 11.8. The van der Waals surface area contributed by atoms with Crippen LogP contribution in [0.25, 0.3) is 86.3 Å². The fraction of sp³-hybridized carbons (Fsp3) is 0. The van der Waals surface area contributed by atoms with Gasteiger partial charge in [-0.15, -0.1) is 11.3 Å². The van der Waals surface area contributed by atoms with Gasteiger partial charge in [-0.2, -0.15) is 0 Å². The Hall–Kier alpha value is -6.62. The van der Waals surface area contributed by atoms with E-state index in [-0.39, 0.29) is 0 Å². The van der Waals surface area contributed by atoms with E-state index in [2.05, 4.69) is 169 Å². The molecule has 0 spiro atoms. The fourth-order valence-corrected chi connectivity index (χ4v) is 9.09. The fourth-order valence-electron chi connectivity index (χ4n) is 7.96. The molecular weight excluding hydrogens is 655 g/mol. The van der Waals surface area contributed by atoms with Gasteiger partial charge in [-0.1, -0.05) is 121 Å². The van der Waals surface area contributed by atoms with Crippen LogP contribution in [0.3, 0.4) is 0 Å². The summed E-state index contributed by atoms with van der Waals surface area (Å²) in [7, 11) is 0. The van der Waals surface area contributed by atoms with Gasteiger partial charge in [0.15, 0.2) is 0 Å². The maximum absolute atomic E-state index is 6.77. The zero-order valence-electron chi connectivity index (χ0n) is 27.9. The Morgan fingerprint density at radius 2 is 1.00 bits per heavy atom. The van der Waals surface area contributed by atoms with Gasteiger partial charge in [0.25, 0.3) is 0 Å². The van der Waals surface area contributed by atoms with E-state index < -0.39 is 0 Å². The molecule has 0 radical (unpaired) electrons. The van der Waals surface area contributed by atoms with Crippen molar-refractivity contribution in [1.29, 1.82) is 0 Å². The minimum absolute atomic E-state index is 0.861. The minimum atomic E-state index is 0.861.